The number of aliphatic imine (C=N–C) groups is 1. The van der Waals surface area contributed by atoms with E-state index in [-0.39, 0.29) is 5.91 Å². The Kier molecular flexibility index (Phi) is 3.13. The van der Waals surface area contributed by atoms with Crippen LogP contribution in [0.3, 0.4) is 0 Å². The van der Waals surface area contributed by atoms with Gasteiger partial charge in [0.2, 0.25) is 0 Å². The third-order valence-electron chi connectivity index (χ3n) is 3.73. The molecule has 0 atom stereocenters. The summed E-state index contributed by atoms with van der Waals surface area (Å²) < 4.78 is 0. The van der Waals surface area contributed by atoms with Crippen molar-refractivity contribution in [2.24, 2.45) is 4.99 Å². The lowest BCUT2D eigenvalue weighted by Crippen LogP contribution is -2.27. The highest BCUT2D eigenvalue weighted by atomic mass is 16.2. The molecule has 0 unspecified atom stereocenters. The first kappa shape index (κ1) is 11.5. The Hall–Kier alpha value is -1.64. The maximum absolute atomic E-state index is 12.2. The van der Waals surface area contributed by atoms with Crippen LogP contribution in [0.2, 0.25) is 0 Å². The second kappa shape index (κ2) is 4.92. The topological polar surface area (TPSA) is 32.7 Å². The Balaban J connectivity index is 1.76. The van der Waals surface area contributed by atoms with Gasteiger partial charge in [0, 0.05) is 30.9 Å². The first-order valence-corrected chi connectivity index (χ1v) is 6.77. The zero-order valence-corrected chi connectivity index (χ0v) is 10.6. The van der Waals surface area contributed by atoms with Crippen molar-refractivity contribution in [3.8, 4) is 0 Å². The highest BCUT2D eigenvalue weighted by Gasteiger charge is 2.19. The maximum atomic E-state index is 12.2. The fourth-order valence-electron chi connectivity index (χ4n) is 2.68. The van der Waals surface area contributed by atoms with E-state index in [1.165, 1.54) is 11.3 Å². The second-order valence-electron chi connectivity index (χ2n) is 5.01. The molecule has 0 aliphatic carbocycles. The number of rotatable bonds is 2. The minimum Gasteiger partial charge on any atom is -0.339 e. The average Bonchev–Trinajstić information content (AvgIpc) is 3.11. The van der Waals surface area contributed by atoms with Crippen molar-refractivity contribution in [3.63, 3.8) is 0 Å². The molecule has 1 aromatic rings. The van der Waals surface area contributed by atoms with Gasteiger partial charge in [-0.05, 0) is 43.4 Å². The SMILES string of the molecule is O=C(c1ccc(C2=NCCC2)cc1)N1CCCC1. The number of nitrogens with zero attached hydrogens (tertiary/aromatic N) is 2. The molecule has 1 amide bonds. The van der Waals surface area contributed by atoms with Gasteiger partial charge in [-0.25, -0.2) is 0 Å². The molecule has 1 aromatic carbocycles. The highest BCUT2D eigenvalue weighted by molar-refractivity contribution is 6.02. The summed E-state index contributed by atoms with van der Waals surface area (Å²) in [5, 5.41) is 0. The van der Waals surface area contributed by atoms with Crippen LogP contribution >= 0.6 is 0 Å². The lowest BCUT2D eigenvalue weighted by molar-refractivity contribution is 0.0793. The van der Waals surface area contributed by atoms with Crippen molar-refractivity contribution in [1.82, 2.24) is 4.90 Å². The Morgan fingerprint density at radius 2 is 1.78 bits per heavy atom. The first-order chi connectivity index (χ1) is 8.84. The summed E-state index contributed by atoms with van der Waals surface area (Å²) in [7, 11) is 0. The number of benzene rings is 1. The smallest absolute Gasteiger partial charge is 0.253 e. The van der Waals surface area contributed by atoms with Gasteiger partial charge >= 0.3 is 0 Å². The van der Waals surface area contributed by atoms with Crippen molar-refractivity contribution >= 4 is 11.6 Å². The molecule has 2 heterocycles. The molecule has 3 rings (SSSR count). The quantitative estimate of drug-likeness (QED) is 0.784. The molecule has 0 N–H and O–H groups in total. The highest BCUT2D eigenvalue weighted by Crippen LogP contribution is 2.16. The summed E-state index contributed by atoms with van der Waals surface area (Å²) in [4.78, 5) is 18.6. The number of carbonyl (C=O) groups is 1. The minimum atomic E-state index is 0.174. The molecule has 0 bridgehead atoms. The number of hydrogen-bond acceptors (Lipinski definition) is 2. The molecule has 2 aliphatic heterocycles. The van der Waals surface area contributed by atoms with E-state index in [4.69, 9.17) is 0 Å². The van der Waals surface area contributed by atoms with Crippen molar-refractivity contribution in [1.29, 1.82) is 0 Å². The molecule has 3 nitrogen and oxygen atoms in total. The molecule has 3 heteroatoms. The van der Waals surface area contributed by atoms with Gasteiger partial charge in [0.25, 0.3) is 5.91 Å². The number of hydrogen-bond donors (Lipinski definition) is 0. The van der Waals surface area contributed by atoms with Crippen molar-refractivity contribution < 1.29 is 4.79 Å². The van der Waals surface area contributed by atoms with E-state index in [0.29, 0.717) is 0 Å². The molecule has 0 saturated carbocycles. The van der Waals surface area contributed by atoms with E-state index >= 15 is 0 Å². The molecule has 1 saturated heterocycles. The molecule has 0 spiro atoms. The molecular formula is C15H18N2O. The third kappa shape index (κ3) is 2.17. The van der Waals surface area contributed by atoms with Crippen LogP contribution in [0, 0.1) is 0 Å². The number of likely N-dealkylation sites (tertiary alicyclic amines) is 1. The number of carbonyl (C=O) groups excluding carboxylic acids is 1. The fraction of sp³-hybridized carbons (Fsp3) is 0.467. The van der Waals surface area contributed by atoms with Gasteiger partial charge in [-0.2, -0.15) is 0 Å². The van der Waals surface area contributed by atoms with E-state index in [0.717, 1.165) is 50.9 Å². The van der Waals surface area contributed by atoms with Gasteiger partial charge in [0.15, 0.2) is 0 Å². The molecule has 2 aliphatic rings. The summed E-state index contributed by atoms with van der Waals surface area (Å²) in [6.07, 6.45) is 4.50. The lowest BCUT2D eigenvalue weighted by atomic mass is 10.1. The largest absolute Gasteiger partial charge is 0.339 e. The van der Waals surface area contributed by atoms with E-state index in [1.54, 1.807) is 0 Å². The second-order valence-corrected chi connectivity index (χ2v) is 5.01. The van der Waals surface area contributed by atoms with Gasteiger partial charge < -0.3 is 4.90 Å². The van der Waals surface area contributed by atoms with Gasteiger partial charge in [0.05, 0.1) is 0 Å². The molecule has 94 valence electrons. The number of amides is 1. The summed E-state index contributed by atoms with van der Waals surface area (Å²) in [5.41, 5.74) is 3.17. The Bertz CT molecular complexity index is 470. The van der Waals surface area contributed by atoms with Crippen LogP contribution in [-0.4, -0.2) is 36.2 Å². The summed E-state index contributed by atoms with van der Waals surface area (Å²) in [6, 6.07) is 7.95. The monoisotopic (exact) mass is 242 g/mol. The average molecular weight is 242 g/mol. The lowest BCUT2D eigenvalue weighted by Gasteiger charge is -2.15. The van der Waals surface area contributed by atoms with Gasteiger partial charge in [-0.15, -0.1) is 0 Å². The maximum Gasteiger partial charge on any atom is 0.253 e. The summed E-state index contributed by atoms with van der Waals surface area (Å²) in [6.45, 7) is 2.77. The predicted octanol–water partition coefficient (Wildman–Crippen LogP) is 2.51. The normalized spacial score (nSPS) is 19.1. The van der Waals surface area contributed by atoms with Crippen LogP contribution in [0.15, 0.2) is 29.3 Å². The Morgan fingerprint density at radius 3 is 2.39 bits per heavy atom. The molecule has 0 aromatic heterocycles. The van der Waals surface area contributed by atoms with Gasteiger partial charge in [-0.3, -0.25) is 9.79 Å². The zero-order valence-electron chi connectivity index (χ0n) is 10.6. The first-order valence-electron chi connectivity index (χ1n) is 6.77. The molecule has 0 radical (unpaired) electrons. The third-order valence-corrected chi connectivity index (χ3v) is 3.73. The van der Waals surface area contributed by atoms with Crippen LogP contribution in [0.1, 0.15) is 41.6 Å². The summed E-state index contributed by atoms with van der Waals surface area (Å²) >= 11 is 0. The standard InChI is InChI=1S/C15H18N2O/c18-15(17-10-1-2-11-17)13-7-5-12(6-8-13)14-4-3-9-16-14/h5-8H,1-4,9-11H2. The van der Waals surface area contributed by atoms with E-state index in [9.17, 15) is 4.79 Å². The van der Waals surface area contributed by atoms with Crippen LogP contribution < -0.4 is 0 Å². The fourth-order valence-corrected chi connectivity index (χ4v) is 2.68. The summed E-state index contributed by atoms with van der Waals surface area (Å²) in [5.74, 6) is 0.174. The predicted molar refractivity (Wildman–Crippen MR) is 72.2 cm³/mol. The molecule has 1 fully saturated rings. The van der Waals surface area contributed by atoms with Crippen LogP contribution in [0.25, 0.3) is 0 Å². The van der Waals surface area contributed by atoms with Crippen molar-refractivity contribution in [2.75, 3.05) is 19.6 Å². The van der Waals surface area contributed by atoms with Gasteiger partial charge in [0.1, 0.15) is 0 Å². The van der Waals surface area contributed by atoms with E-state index < -0.39 is 0 Å². The zero-order chi connectivity index (χ0) is 12.4. The Morgan fingerprint density at radius 1 is 1.06 bits per heavy atom. The van der Waals surface area contributed by atoms with Crippen molar-refractivity contribution in [2.45, 2.75) is 25.7 Å². The van der Waals surface area contributed by atoms with Crippen LogP contribution in [0.5, 0.6) is 0 Å². The molecular weight excluding hydrogens is 224 g/mol. The van der Waals surface area contributed by atoms with Gasteiger partial charge in [-0.1, -0.05) is 12.1 Å². The van der Waals surface area contributed by atoms with E-state index in [2.05, 4.69) is 4.99 Å². The van der Waals surface area contributed by atoms with Crippen molar-refractivity contribution in [3.05, 3.63) is 35.4 Å². The van der Waals surface area contributed by atoms with Crippen LogP contribution in [-0.2, 0) is 0 Å². The molecule has 18 heavy (non-hydrogen) atoms. The van der Waals surface area contributed by atoms with E-state index in [1.807, 2.05) is 29.2 Å². The minimum absolute atomic E-state index is 0.174. The Labute approximate surface area is 108 Å². The van der Waals surface area contributed by atoms with Crippen LogP contribution in [0.4, 0.5) is 0 Å².